The predicted octanol–water partition coefficient (Wildman–Crippen LogP) is 2.89. The van der Waals surface area contributed by atoms with Crippen LogP contribution in [0.2, 0.25) is 0 Å². The first-order valence-electron chi connectivity index (χ1n) is 8.09. The van der Waals surface area contributed by atoms with E-state index in [4.69, 9.17) is 0 Å². The third kappa shape index (κ3) is 2.61. The van der Waals surface area contributed by atoms with Crippen molar-refractivity contribution in [3.63, 3.8) is 0 Å². The smallest absolute Gasteiger partial charge is 0.284 e. The average Bonchev–Trinajstić information content (AvgIpc) is 3.07. The zero-order valence-electron chi connectivity index (χ0n) is 14.0. The van der Waals surface area contributed by atoms with Crippen LogP contribution in [0.3, 0.4) is 0 Å². The highest BCUT2D eigenvalue weighted by Crippen LogP contribution is 2.17. The van der Waals surface area contributed by atoms with Gasteiger partial charge in [-0.3, -0.25) is 9.36 Å². The molecule has 0 spiro atoms. The normalized spacial score (nSPS) is 12.4. The lowest BCUT2D eigenvalue weighted by molar-refractivity contribution is 0.607. The molecule has 0 aliphatic carbocycles. The molecule has 6 nitrogen and oxygen atoms in total. The lowest BCUT2D eigenvalue weighted by Gasteiger charge is -2.14. The second kappa shape index (κ2) is 5.98. The van der Waals surface area contributed by atoms with Gasteiger partial charge in [0.25, 0.3) is 5.56 Å². The van der Waals surface area contributed by atoms with E-state index in [2.05, 4.69) is 15.3 Å². The van der Waals surface area contributed by atoms with Crippen molar-refractivity contribution < 1.29 is 0 Å². The van der Waals surface area contributed by atoms with E-state index in [1.807, 2.05) is 68.4 Å². The molecule has 0 aliphatic rings. The maximum absolute atomic E-state index is 12.9. The van der Waals surface area contributed by atoms with Crippen molar-refractivity contribution in [3.05, 3.63) is 82.4 Å². The van der Waals surface area contributed by atoms with Gasteiger partial charge in [0, 0.05) is 0 Å². The predicted molar refractivity (Wildman–Crippen MR) is 95.9 cm³/mol. The second-order valence-electron chi connectivity index (χ2n) is 6.06. The summed E-state index contributed by atoms with van der Waals surface area (Å²) in [6, 6.07) is 17.6. The van der Waals surface area contributed by atoms with E-state index >= 15 is 0 Å². The molecule has 1 atom stereocenters. The van der Waals surface area contributed by atoms with Crippen LogP contribution in [0.25, 0.3) is 16.9 Å². The van der Waals surface area contributed by atoms with Crippen LogP contribution in [0.4, 0.5) is 0 Å². The molecule has 0 amide bonds. The number of aromatic nitrogens is 5. The number of benzene rings is 2. The fourth-order valence-electron chi connectivity index (χ4n) is 2.92. The summed E-state index contributed by atoms with van der Waals surface area (Å²) in [6.45, 7) is 3.97. The minimum Gasteiger partial charge on any atom is -0.290 e. The maximum atomic E-state index is 12.9. The summed E-state index contributed by atoms with van der Waals surface area (Å²) in [6.07, 6.45) is 1.57. The van der Waals surface area contributed by atoms with E-state index in [-0.39, 0.29) is 17.1 Å². The molecule has 25 heavy (non-hydrogen) atoms. The molecular weight excluding hydrogens is 314 g/mol. The zero-order valence-corrected chi connectivity index (χ0v) is 14.0. The summed E-state index contributed by atoms with van der Waals surface area (Å²) < 4.78 is 3.19. The van der Waals surface area contributed by atoms with Crippen LogP contribution in [-0.4, -0.2) is 24.5 Å². The lowest BCUT2D eigenvalue weighted by atomic mass is 10.1. The van der Waals surface area contributed by atoms with Gasteiger partial charge < -0.3 is 0 Å². The molecule has 0 saturated carbocycles. The van der Waals surface area contributed by atoms with E-state index in [0.29, 0.717) is 5.65 Å². The van der Waals surface area contributed by atoms with Crippen molar-refractivity contribution in [3.8, 4) is 5.69 Å². The van der Waals surface area contributed by atoms with E-state index in [1.54, 1.807) is 15.6 Å². The van der Waals surface area contributed by atoms with Gasteiger partial charge in [-0.2, -0.15) is 4.68 Å². The van der Waals surface area contributed by atoms with Crippen molar-refractivity contribution >= 4 is 11.2 Å². The number of hydrogen-bond acceptors (Lipinski definition) is 4. The van der Waals surface area contributed by atoms with Crippen LogP contribution in [-0.2, 0) is 0 Å². The third-order valence-electron chi connectivity index (χ3n) is 4.33. The average molecular weight is 331 g/mol. The van der Waals surface area contributed by atoms with Gasteiger partial charge in [0.1, 0.15) is 6.33 Å². The molecule has 4 rings (SSSR count). The van der Waals surface area contributed by atoms with Gasteiger partial charge in [-0.25, -0.2) is 4.98 Å². The summed E-state index contributed by atoms with van der Waals surface area (Å²) in [7, 11) is 0. The van der Waals surface area contributed by atoms with Gasteiger partial charge >= 0.3 is 0 Å². The summed E-state index contributed by atoms with van der Waals surface area (Å²) in [5.41, 5.74) is 3.52. The molecule has 0 saturated heterocycles. The molecule has 0 bridgehead atoms. The zero-order chi connectivity index (χ0) is 17.4. The highest BCUT2D eigenvalue weighted by molar-refractivity contribution is 5.70. The summed E-state index contributed by atoms with van der Waals surface area (Å²) in [5.74, 6) is 0. The number of aryl methyl sites for hydroxylation is 1. The van der Waals surface area contributed by atoms with Crippen molar-refractivity contribution in [1.82, 2.24) is 24.5 Å². The van der Waals surface area contributed by atoms with Crippen LogP contribution < -0.4 is 5.56 Å². The monoisotopic (exact) mass is 331 g/mol. The first-order chi connectivity index (χ1) is 12.1. The number of nitrogens with zero attached hydrogens (tertiary/aromatic N) is 5. The van der Waals surface area contributed by atoms with Gasteiger partial charge in [-0.15, -0.1) is 5.10 Å². The quantitative estimate of drug-likeness (QED) is 0.579. The molecule has 2 aromatic heterocycles. The standard InChI is InChI=1S/C19H17N5O/c1-13-7-6-10-16(11-13)24-18-17(21-22-24)19(25)23(12-20-18)14(2)15-8-4-3-5-9-15/h3-12,14H,1-2H3/t14-/m1/s1. The van der Waals surface area contributed by atoms with E-state index in [1.165, 1.54) is 0 Å². The van der Waals surface area contributed by atoms with Crippen LogP contribution in [0.1, 0.15) is 24.1 Å². The van der Waals surface area contributed by atoms with Gasteiger partial charge in [-0.1, -0.05) is 47.7 Å². The topological polar surface area (TPSA) is 65.6 Å². The van der Waals surface area contributed by atoms with Crippen LogP contribution in [0, 0.1) is 6.92 Å². The molecule has 0 aliphatic heterocycles. The molecule has 124 valence electrons. The van der Waals surface area contributed by atoms with Gasteiger partial charge in [-0.05, 0) is 37.1 Å². The SMILES string of the molecule is Cc1cccc(-n2nnc3c(=O)n([C@H](C)c4ccccc4)cnc32)c1. The van der Waals surface area contributed by atoms with E-state index < -0.39 is 0 Å². The molecule has 0 radical (unpaired) electrons. The molecule has 0 unspecified atom stereocenters. The number of rotatable bonds is 3. The largest absolute Gasteiger partial charge is 0.290 e. The Bertz CT molecular complexity index is 1100. The molecule has 2 aromatic carbocycles. The first kappa shape index (κ1) is 15.3. The highest BCUT2D eigenvalue weighted by atomic mass is 16.1. The lowest BCUT2D eigenvalue weighted by Crippen LogP contribution is -2.24. The molecule has 6 heteroatoms. The van der Waals surface area contributed by atoms with Crippen molar-refractivity contribution in [1.29, 1.82) is 0 Å². The van der Waals surface area contributed by atoms with Gasteiger partial charge in [0.15, 0.2) is 11.2 Å². The molecule has 0 fully saturated rings. The fraction of sp³-hybridized carbons (Fsp3) is 0.158. The number of hydrogen-bond donors (Lipinski definition) is 0. The van der Waals surface area contributed by atoms with E-state index in [0.717, 1.165) is 16.8 Å². The highest BCUT2D eigenvalue weighted by Gasteiger charge is 2.16. The fourth-order valence-corrected chi connectivity index (χ4v) is 2.92. The Morgan fingerprint density at radius 1 is 1.04 bits per heavy atom. The minimum atomic E-state index is -0.194. The third-order valence-corrected chi connectivity index (χ3v) is 4.33. The van der Waals surface area contributed by atoms with Crippen molar-refractivity contribution in [2.24, 2.45) is 0 Å². The molecule has 4 aromatic rings. The van der Waals surface area contributed by atoms with Crippen LogP contribution in [0.15, 0.2) is 65.7 Å². The molecule has 0 N–H and O–H groups in total. The Balaban J connectivity index is 1.84. The summed E-state index contributed by atoms with van der Waals surface area (Å²) in [4.78, 5) is 17.3. The molecular formula is C19H17N5O. The van der Waals surface area contributed by atoms with Crippen molar-refractivity contribution in [2.75, 3.05) is 0 Å². The Hall–Kier alpha value is -3.28. The van der Waals surface area contributed by atoms with Gasteiger partial charge in [0.2, 0.25) is 0 Å². The summed E-state index contributed by atoms with van der Waals surface area (Å²) in [5, 5.41) is 8.21. The van der Waals surface area contributed by atoms with Gasteiger partial charge in [0.05, 0.1) is 11.7 Å². The maximum Gasteiger partial charge on any atom is 0.284 e. The Morgan fingerprint density at radius 3 is 2.60 bits per heavy atom. The molecule has 2 heterocycles. The van der Waals surface area contributed by atoms with Crippen LogP contribution in [0.5, 0.6) is 0 Å². The Morgan fingerprint density at radius 2 is 1.84 bits per heavy atom. The Labute approximate surface area is 144 Å². The first-order valence-corrected chi connectivity index (χ1v) is 8.09. The summed E-state index contributed by atoms with van der Waals surface area (Å²) >= 11 is 0. The second-order valence-corrected chi connectivity index (χ2v) is 6.06. The van der Waals surface area contributed by atoms with Crippen LogP contribution >= 0.6 is 0 Å². The Kier molecular flexibility index (Phi) is 3.65. The van der Waals surface area contributed by atoms with Crippen molar-refractivity contribution in [2.45, 2.75) is 19.9 Å². The van der Waals surface area contributed by atoms with E-state index in [9.17, 15) is 4.79 Å². The number of fused-ring (bicyclic) bond motifs is 1. The minimum absolute atomic E-state index is 0.130.